The van der Waals surface area contributed by atoms with Gasteiger partial charge in [0, 0.05) is 16.0 Å². The molecule has 1 aliphatic carbocycles. The zero-order valence-corrected chi connectivity index (χ0v) is 23.9. The van der Waals surface area contributed by atoms with Gasteiger partial charge < -0.3 is 14.8 Å². The van der Waals surface area contributed by atoms with Crippen LogP contribution >= 0.6 is 34.5 Å². The van der Waals surface area contributed by atoms with Gasteiger partial charge in [-0.2, -0.15) is 5.26 Å². The summed E-state index contributed by atoms with van der Waals surface area (Å²) in [6.07, 6.45) is 11.5. The first-order valence-electron chi connectivity index (χ1n) is 13.1. The molecule has 0 fully saturated rings. The molecule has 1 amide bonds. The molecular formula is C30H32Cl2N2O3S. The number of nitrogens with zero attached hydrogens (tertiary/aromatic N) is 1. The van der Waals surface area contributed by atoms with E-state index in [0.717, 1.165) is 31.2 Å². The Labute approximate surface area is 238 Å². The molecule has 0 spiro atoms. The summed E-state index contributed by atoms with van der Waals surface area (Å²) in [6.45, 7) is 0.140. The Balaban J connectivity index is 1.54. The Morgan fingerprint density at radius 1 is 1.00 bits per heavy atom. The van der Waals surface area contributed by atoms with Gasteiger partial charge in [0.1, 0.15) is 34.2 Å². The van der Waals surface area contributed by atoms with Crippen molar-refractivity contribution in [1.29, 1.82) is 5.26 Å². The SMILES string of the molecule is COc1ccc(C(=O)Nc2sc3c(c2C#N)CCCCCCCCCC3)cc1COc1cccc(Cl)c1Cl. The number of ether oxygens (including phenoxy) is 2. The second-order valence-corrected chi connectivity index (χ2v) is 11.4. The van der Waals surface area contributed by atoms with Crippen LogP contribution < -0.4 is 14.8 Å². The minimum absolute atomic E-state index is 0.140. The normalized spacial score (nSPS) is 14.4. The smallest absolute Gasteiger partial charge is 0.256 e. The first-order valence-corrected chi connectivity index (χ1v) is 14.7. The summed E-state index contributed by atoms with van der Waals surface area (Å²) in [6, 6.07) is 12.8. The van der Waals surface area contributed by atoms with Gasteiger partial charge in [0.15, 0.2) is 0 Å². The predicted octanol–water partition coefficient (Wildman–Crippen LogP) is 8.99. The molecule has 1 aliphatic rings. The number of carbonyl (C=O) groups excluding carboxylic acids is 1. The lowest BCUT2D eigenvalue weighted by molar-refractivity contribution is 0.102. The number of anilines is 1. The third kappa shape index (κ3) is 7.02. The largest absolute Gasteiger partial charge is 0.496 e. The van der Waals surface area contributed by atoms with Gasteiger partial charge in [0.05, 0.1) is 17.7 Å². The minimum atomic E-state index is -0.275. The molecule has 0 aliphatic heterocycles. The van der Waals surface area contributed by atoms with Gasteiger partial charge in [-0.05, 0) is 61.6 Å². The number of thiophene rings is 1. The highest BCUT2D eigenvalue weighted by Gasteiger charge is 2.21. The lowest BCUT2D eigenvalue weighted by Gasteiger charge is -2.13. The van der Waals surface area contributed by atoms with Gasteiger partial charge in [-0.15, -0.1) is 11.3 Å². The summed E-state index contributed by atoms with van der Waals surface area (Å²) in [5.41, 5.74) is 2.88. The van der Waals surface area contributed by atoms with Crippen molar-refractivity contribution in [2.75, 3.05) is 12.4 Å². The number of amides is 1. The number of benzene rings is 2. The standard InChI is InChI=1S/C30H32Cl2N2O3S/c1-36-25-16-15-20(17-21(25)19-37-26-13-10-12-24(31)28(26)32)29(35)34-30-23(18-33)22-11-8-6-4-2-3-5-7-9-14-27(22)38-30/h10,12-13,15-17H,2-9,11,14,19H2,1H3,(H,34,35). The molecule has 0 atom stereocenters. The first kappa shape index (κ1) is 28.3. The van der Waals surface area contributed by atoms with E-state index >= 15 is 0 Å². The molecule has 3 aromatic rings. The fourth-order valence-corrected chi connectivity index (χ4v) is 6.37. The molecule has 0 saturated carbocycles. The van der Waals surface area contributed by atoms with Gasteiger partial charge in [0.25, 0.3) is 5.91 Å². The molecule has 0 radical (unpaired) electrons. The van der Waals surface area contributed by atoms with Gasteiger partial charge in [0.2, 0.25) is 0 Å². The second-order valence-electron chi connectivity index (χ2n) is 9.47. The molecule has 1 aromatic heterocycles. The number of nitrogens with one attached hydrogen (secondary N) is 1. The first-order chi connectivity index (χ1) is 18.5. The van der Waals surface area contributed by atoms with E-state index in [1.807, 2.05) is 0 Å². The molecule has 4 rings (SSSR count). The number of rotatable bonds is 6. The highest BCUT2D eigenvalue weighted by atomic mass is 35.5. The third-order valence-electron chi connectivity index (χ3n) is 6.85. The van der Waals surface area contributed by atoms with E-state index in [4.69, 9.17) is 32.7 Å². The number of carbonyl (C=O) groups is 1. The van der Waals surface area contributed by atoms with Crippen molar-refractivity contribution in [3.63, 3.8) is 0 Å². The van der Waals surface area contributed by atoms with Crippen molar-refractivity contribution in [3.8, 4) is 17.6 Å². The number of hydrogen-bond donors (Lipinski definition) is 1. The molecule has 1 heterocycles. The van der Waals surface area contributed by atoms with Crippen molar-refractivity contribution in [3.05, 3.63) is 73.6 Å². The van der Waals surface area contributed by atoms with Gasteiger partial charge in [-0.3, -0.25) is 4.79 Å². The van der Waals surface area contributed by atoms with E-state index in [-0.39, 0.29) is 12.5 Å². The summed E-state index contributed by atoms with van der Waals surface area (Å²) in [5.74, 6) is 0.766. The van der Waals surface area contributed by atoms with E-state index in [0.29, 0.717) is 43.2 Å². The van der Waals surface area contributed by atoms with Crippen LogP contribution in [0.2, 0.25) is 10.0 Å². The van der Waals surface area contributed by atoms with Crippen molar-refractivity contribution >= 4 is 45.4 Å². The Morgan fingerprint density at radius 2 is 1.71 bits per heavy atom. The topological polar surface area (TPSA) is 71.3 Å². The Kier molecular flexibility index (Phi) is 10.3. The van der Waals surface area contributed by atoms with E-state index < -0.39 is 0 Å². The van der Waals surface area contributed by atoms with Crippen LogP contribution in [0.1, 0.15) is 83.3 Å². The van der Waals surface area contributed by atoms with Crippen LogP contribution in [-0.4, -0.2) is 13.0 Å². The summed E-state index contributed by atoms with van der Waals surface area (Å²) in [5, 5.41) is 14.4. The van der Waals surface area contributed by atoms with Crippen molar-refractivity contribution in [2.45, 2.75) is 70.8 Å². The summed E-state index contributed by atoms with van der Waals surface area (Å²) < 4.78 is 11.4. The number of methoxy groups -OCH3 is 1. The number of aryl methyl sites for hydroxylation is 1. The highest BCUT2D eigenvalue weighted by molar-refractivity contribution is 7.16. The maximum Gasteiger partial charge on any atom is 0.256 e. The summed E-state index contributed by atoms with van der Waals surface area (Å²) >= 11 is 13.9. The molecule has 5 nitrogen and oxygen atoms in total. The zero-order chi connectivity index (χ0) is 26.9. The van der Waals surface area contributed by atoms with Gasteiger partial charge >= 0.3 is 0 Å². The van der Waals surface area contributed by atoms with Gasteiger partial charge in [-0.1, -0.05) is 67.8 Å². The van der Waals surface area contributed by atoms with Crippen LogP contribution in [0.15, 0.2) is 36.4 Å². The van der Waals surface area contributed by atoms with E-state index in [1.54, 1.807) is 54.8 Å². The maximum absolute atomic E-state index is 13.3. The van der Waals surface area contributed by atoms with Crippen LogP contribution in [-0.2, 0) is 19.4 Å². The molecule has 0 unspecified atom stereocenters. The molecule has 0 saturated heterocycles. The fourth-order valence-electron chi connectivity index (χ4n) is 4.79. The zero-order valence-electron chi connectivity index (χ0n) is 21.6. The quantitative estimate of drug-likeness (QED) is 0.321. The third-order valence-corrected chi connectivity index (χ3v) is 8.86. The Bertz CT molecular complexity index is 1320. The summed E-state index contributed by atoms with van der Waals surface area (Å²) in [7, 11) is 1.57. The van der Waals surface area contributed by atoms with Crippen molar-refractivity contribution in [2.24, 2.45) is 0 Å². The van der Waals surface area contributed by atoms with E-state index in [1.165, 1.54) is 43.4 Å². The van der Waals surface area contributed by atoms with Crippen LogP contribution in [0, 0.1) is 11.3 Å². The van der Waals surface area contributed by atoms with Gasteiger partial charge in [-0.25, -0.2) is 0 Å². The number of hydrogen-bond acceptors (Lipinski definition) is 5. The highest BCUT2D eigenvalue weighted by Crippen LogP contribution is 2.37. The lowest BCUT2D eigenvalue weighted by Crippen LogP contribution is -2.13. The average Bonchev–Trinajstić information content (AvgIpc) is 3.24. The number of nitriles is 1. The molecule has 8 heteroatoms. The molecular weight excluding hydrogens is 539 g/mol. The molecule has 1 N–H and O–H groups in total. The minimum Gasteiger partial charge on any atom is -0.496 e. The van der Waals surface area contributed by atoms with Crippen molar-refractivity contribution in [1.82, 2.24) is 0 Å². The van der Waals surface area contributed by atoms with Crippen LogP contribution in [0.3, 0.4) is 0 Å². The molecule has 2 aromatic carbocycles. The number of halogens is 2. The molecule has 38 heavy (non-hydrogen) atoms. The maximum atomic E-state index is 13.3. The Morgan fingerprint density at radius 3 is 2.42 bits per heavy atom. The molecule has 200 valence electrons. The predicted molar refractivity (Wildman–Crippen MR) is 155 cm³/mol. The van der Waals surface area contributed by atoms with Crippen molar-refractivity contribution < 1.29 is 14.3 Å². The second kappa shape index (κ2) is 13.9. The Hall–Kier alpha value is -2.72. The van der Waals surface area contributed by atoms with Crippen LogP contribution in [0.4, 0.5) is 5.00 Å². The lowest BCUT2D eigenvalue weighted by atomic mass is 9.98. The number of fused-ring (bicyclic) bond motifs is 1. The summed E-state index contributed by atoms with van der Waals surface area (Å²) in [4.78, 5) is 14.6. The average molecular weight is 572 g/mol. The van der Waals surface area contributed by atoms with Crippen LogP contribution in [0.25, 0.3) is 0 Å². The van der Waals surface area contributed by atoms with E-state index in [2.05, 4.69) is 11.4 Å². The van der Waals surface area contributed by atoms with E-state index in [9.17, 15) is 10.1 Å². The monoisotopic (exact) mass is 570 g/mol. The molecule has 0 bridgehead atoms. The van der Waals surface area contributed by atoms with Crippen LogP contribution in [0.5, 0.6) is 11.5 Å². The fraction of sp³-hybridized carbons (Fsp3) is 0.400.